The van der Waals surface area contributed by atoms with Crippen molar-refractivity contribution in [3.63, 3.8) is 0 Å². The van der Waals surface area contributed by atoms with Gasteiger partial charge in [0.1, 0.15) is 0 Å². The Bertz CT molecular complexity index is 295. The summed E-state index contributed by atoms with van der Waals surface area (Å²) >= 11 is 0. The van der Waals surface area contributed by atoms with Crippen LogP contribution in [0.15, 0.2) is 0 Å². The van der Waals surface area contributed by atoms with E-state index in [0.717, 1.165) is 18.9 Å². The number of carbonyl (C=O) groups is 1. The molecule has 18 heavy (non-hydrogen) atoms. The van der Waals surface area contributed by atoms with Crippen LogP contribution in [0.1, 0.15) is 67.7 Å². The van der Waals surface area contributed by atoms with Gasteiger partial charge in [-0.1, -0.05) is 34.6 Å². The first kappa shape index (κ1) is 15.5. The number of carbonyl (C=O) groups excluding carboxylic acids is 1. The first-order valence-corrected chi connectivity index (χ1v) is 7.34. The van der Waals surface area contributed by atoms with Crippen molar-refractivity contribution in [1.29, 1.82) is 0 Å². The number of amides is 1. The van der Waals surface area contributed by atoms with Crippen LogP contribution in [0.3, 0.4) is 0 Å². The zero-order valence-electron chi connectivity index (χ0n) is 13.3. The van der Waals surface area contributed by atoms with Crippen molar-refractivity contribution in [2.24, 2.45) is 17.3 Å². The molecule has 1 aliphatic rings. The molecule has 1 fully saturated rings. The van der Waals surface area contributed by atoms with E-state index in [-0.39, 0.29) is 16.9 Å². The average molecular weight is 253 g/mol. The van der Waals surface area contributed by atoms with E-state index in [1.165, 1.54) is 12.8 Å². The van der Waals surface area contributed by atoms with Gasteiger partial charge in [0.2, 0.25) is 5.91 Å². The minimum absolute atomic E-state index is 0.0395. The summed E-state index contributed by atoms with van der Waals surface area (Å²) in [5, 5.41) is 0. The van der Waals surface area contributed by atoms with E-state index in [4.69, 9.17) is 0 Å². The Labute approximate surface area is 113 Å². The maximum Gasteiger partial charge on any atom is 0.225 e. The smallest absolute Gasteiger partial charge is 0.225 e. The fourth-order valence-electron chi connectivity index (χ4n) is 2.90. The Balaban J connectivity index is 2.82. The molecule has 2 nitrogen and oxygen atoms in total. The standard InChI is InChI=1S/C16H31NO/c1-12(2)14(18)17(10-13-8-9-13)16(6,7)11-15(3,4)5/h12-13H,8-11H2,1-7H3. The summed E-state index contributed by atoms with van der Waals surface area (Å²) in [6.07, 6.45) is 3.64. The van der Waals surface area contributed by atoms with Crippen LogP contribution in [0.2, 0.25) is 0 Å². The second-order valence-corrected chi connectivity index (χ2v) is 8.10. The van der Waals surface area contributed by atoms with Crippen LogP contribution in [0.25, 0.3) is 0 Å². The largest absolute Gasteiger partial charge is 0.337 e. The molecule has 0 unspecified atom stereocenters. The molecule has 0 aliphatic heterocycles. The SMILES string of the molecule is CC(C)C(=O)N(CC1CC1)C(C)(C)CC(C)(C)C. The van der Waals surface area contributed by atoms with Crippen molar-refractivity contribution in [3.8, 4) is 0 Å². The summed E-state index contributed by atoms with van der Waals surface area (Å²) in [5.41, 5.74) is 0.213. The van der Waals surface area contributed by atoms with Crippen molar-refractivity contribution in [3.05, 3.63) is 0 Å². The van der Waals surface area contributed by atoms with E-state index in [1.54, 1.807) is 0 Å². The summed E-state index contributed by atoms with van der Waals surface area (Å²) in [6, 6.07) is 0. The Hall–Kier alpha value is -0.530. The maximum atomic E-state index is 12.5. The molecule has 0 atom stereocenters. The summed E-state index contributed by atoms with van der Waals surface area (Å²) < 4.78 is 0. The van der Waals surface area contributed by atoms with Crippen LogP contribution >= 0.6 is 0 Å². The number of nitrogens with zero attached hydrogens (tertiary/aromatic N) is 1. The van der Waals surface area contributed by atoms with Gasteiger partial charge in [-0.3, -0.25) is 4.79 Å². The van der Waals surface area contributed by atoms with Crippen molar-refractivity contribution in [1.82, 2.24) is 4.90 Å². The average Bonchev–Trinajstić information content (AvgIpc) is 2.91. The van der Waals surface area contributed by atoms with Crippen molar-refractivity contribution in [2.75, 3.05) is 6.54 Å². The molecular weight excluding hydrogens is 222 g/mol. The second kappa shape index (κ2) is 5.22. The van der Waals surface area contributed by atoms with Gasteiger partial charge in [-0.15, -0.1) is 0 Å². The predicted molar refractivity (Wildman–Crippen MR) is 77.4 cm³/mol. The van der Waals surface area contributed by atoms with Gasteiger partial charge in [-0.05, 0) is 44.4 Å². The quantitative estimate of drug-likeness (QED) is 0.722. The predicted octanol–water partition coefficient (Wildman–Crippen LogP) is 4.10. The molecule has 1 amide bonds. The Morgan fingerprint density at radius 2 is 1.67 bits per heavy atom. The lowest BCUT2D eigenvalue weighted by Crippen LogP contribution is -2.51. The van der Waals surface area contributed by atoms with E-state index >= 15 is 0 Å². The van der Waals surface area contributed by atoms with E-state index in [9.17, 15) is 4.79 Å². The molecule has 1 aliphatic carbocycles. The molecule has 0 spiro atoms. The zero-order chi connectivity index (χ0) is 14.1. The fraction of sp³-hybridized carbons (Fsp3) is 0.938. The fourth-order valence-corrected chi connectivity index (χ4v) is 2.90. The van der Waals surface area contributed by atoms with Crippen molar-refractivity contribution >= 4 is 5.91 Å². The highest BCUT2D eigenvalue weighted by molar-refractivity contribution is 5.79. The highest BCUT2D eigenvalue weighted by Gasteiger charge is 2.38. The summed E-state index contributed by atoms with van der Waals surface area (Å²) in [5.74, 6) is 1.17. The number of rotatable bonds is 5. The van der Waals surface area contributed by atoms with Crippen LogP contribution in [0.4, 0.5) is 0 Å². The van der Waals surface area contributed by atoms with E-state index in [1.807, 2.05) is 13.8 Å². The van der Waals surface area contributed by atoms with Gasteiger partial charge in [0.25, 0.3) is 0 Å². The van der Waals surface area contributed by atoms with E-state index < -0.39 is 0 Å². The summed E-state index contributed by atoms with van der Waals surface area (Å²) in [7, 11) is 0. The van der Waals surface area contributed by atoms with Gasteiger partial charge < -0.3 is 4.90 Å². The molecular formula is C16H31NO. The lowest BCUT2D eigenvalue weighted by molar-refractivity contribution is -0.141. The molecule has 0 aromatic rings. The first-order chi connectivity index (χ1) is 8.03. The first-order valence-electron chi connectivity index (χ1n) is 7.34. The maximum absolute atomic E-state index is 12.5. The molecule has 0 heterocycles. The second-order valence-electron chi connectivity index (χ2n) is 8.10. The molecule has 0 radical (unpaired) electrons. The molecule has 1 rings (SSSR count). The molecule has 0 N–H and O–H groups in total. The van der Waals surface area contributed by atoms with Gasteiger partial charge in [0.05, 0.1) is 0 Å². The Kier molecular flexibility index (Phi) is 4.51. The number of hydrogen-bond acceptors (Lipinski definition) is 1. The van der Waals surface area contributed by atoms with Gasteiger partial charge in [-0.25, -0.2) is 0 Å². The monoisotopic (exact) mass is 253 g/mol. The highest BCUT2D eigenvalue weighted by atomic mass is 16.2. The lowest BCUT2D eigenvalue weighted by Gasteiger charge is -2.43. The Morgan fingerprint density at radius 3 is 2.00 bits per heavy atom. The summed E-state index contributed by atoms with van der Waals surface area (Å²) in [6.45, 7) is 16.2. The van der Waals surface area contributed by atoms with Crippen molar-refractivity contribution in [2.45, 2.75) is 73.3 Å². The molecule has 0 aromatic heterocycles. The van der Waals surface area contributed by atoms with E-state index in [2.05, 4.69) is 39.5 Å². The summed E-state index contributed by atoms with van der Waals surface area (Å²) in [4.78, 5) is 14.6. The minimum Gasteiger partial charge on any atom is -0.337 e. The lowest BCUT2D eigenvalue weighted by atomic mass is 9.80. The molecule has 0 saturated heterocycles. The van der Waals surface area contributed by atoms with Gasteiger partial charge in [0, 0.05) is 18.0 Å². The molecule has 1 saturated carbocycles. The van der Waals surface area contributed by atoms with Gasteiger partial charge in [0.15, 0.2) is 0 Å². The Morgan fingerprint density at radius 1 is 1.17 bits per heavy atom. The minimum atomic E-state index is -0.0395. The molecule has 106 valence electrons. The topological polar surface area (TPSA) is 20.3 Å². The van der Waals surface area contributed by atoms with Crippen LogP contribution in [0, 0.1) is 17.3 Å². The van der Waals surface area contributed by atoms with Gasteiger partial charge in [-0.2, -0.15) is 0 Å². The normalized spacial score (nSPS) is 17.1. The van der Waals surface area contributed by atoms with Crippen molar-refractivity contribution < 1.29 is 4.79 Å². The zero-order valence-corrected chi connectivity index (χ0v) is 13.3. The van der Waals surface area contributed by atoms with Crippen LogP contribution < -0.4 is 0 Å². The third-order valence-electron chi connectivity index (χ3n) is 3.59. The van der Waals surface area contributed by atoms with Crippen LogP contribution in [0.5, 0.6) is 0 Å². The molecule has 0 aromatic carbocycles. The van der Waals surface area contributed by atoms with Crippen LogP contribution in [-0.2, 0) is 4.79 Å². The highest BCUT2D eigenvalue weighted by Crippen LogP contribution is 2.36. The molecule has 2 heteroatoms. The number of hydrogen-bond donors (Lipinski definition) is 0. The molecule has 0 bridgehead atoms. The third-order valence-corrected chi connectivity index (χ3v) is 3.59. The third kappa shape index (κ3) is 4.62. The van der Waals surface area contributed by atoms with Gasteiger partial charge >= 0.3 is 0 Å². The van der Waals surface area contributed by atoms with E-state index in [0.29, 0.717) is 5.91 Å². The van der Waals surface area contributed by atoms with Crippen LogP contribution in [-0.4, -0.2) is 22.9 Å².